The van der Waals surface area contributed by atoms with Crippen LogP contribution in [-0.4, -0.2) is 12.8 Å². The maximum Gasteiger partial charge on any atom is 0.165 e. The van der Waals surface area contributed by atoms with Crippen LogP contribution in [0.15, 0.2) is 12.3 Å². The van der Waals surface area contributed by atoms with E-state index < -0.39 is 0 Å². The van der Waals surface area contributed by atoms with Gasteiger partial charge in [-0.25, -0.2) is 0 Å². The van der Waals surface area contributed by atoms with Crippen LogP contribution >= 0.6 is 0 Å². The molecular formula is C5H9NO. The van der Waals surface area contributed by atoms with Gasteiger partial charge in [-0.1, -0.05) is 6.58 Å². The molecule has 0 aliphatic rings. The number of aldehydes is 1. The number of hydrogen-bond donors (Lipinski definition) is 1. The number of likely N-dealkylation sites (N-methyl/N-ethyl adjacent to an activating group) is 1. The zero-order chi connectivity index (χ0) is 5.70. The second-order valence-electron chi connectivity index (χ2n) is 1.17. The summed E-state index contributed by atoms with van der Waals surface area (Å²) < 4.78 is 0. The topological polar surface area (TPSA) is 29.1 Å². The van der Waals surface area contributed by atoms with Gasteiger partial charge in [0.1, 0.15) is 0 Å². The Balaban J connectivity index is 3.17. The van der Waals surface area contributed by atoms with Gasteiger partial charge in [0.05, 0.1) is 5.70 Å². The summed E-state index contributed by atoms with van der Waals surface area (Å²) in [5.74, 6) is 0. The first kappa shape index (κ1) is 6.21. The molecule has 0 rings (SSSR count). The van der Waals surface area contributed by atoms with Crippen molar-refractivity contribution in [3.05, 3.63) is 12.3 Å². The van der Waals surface area contributed by atoms with E-state index in [1.54, 1.807) is 0 Å². The molecule has 0 fully saturated rings. The molecule has 0 aromatic heterocycles. The van der Waals surface area contributed by atoms with Crippen molar-refractivity contribution in [2.24, 2.45) is 0 Å². The quantitative estimate of drug-likeness (QED) is 0.407. The minimum Gasteiger partial charge on any atom is -0.383 e. The Morgan fingerprint density at radius 3 is 2.71 bits per heavy atom. The summed E-state index contributed by atoms with van der Waals surface area (Å²) in [4.78, 5) is 9.73. The average Bonchev–Trinajstić information content (AvgIpc) is 1.68. The molecule has 0 spiro atoms. The van der Waals surface area contributed by atoms with Crippen molar-refractivity contribution in [3.63, 3.8) is 0 Å². The van der Waals surface area contributed by atoms with Crippen LogP contribution in [0.1, 0.15) is 6.92 Å². The van der Waals surface area contributed by atoms with E-state index in [0.717, 1.165) is 6.54 Å². The summed E-state index contributed by atoms with van der Waals surface area (Å²) in [6, 6.07) is 0. The van der Waals surface area contributed by atoms with Gasteiger partial charge in [-0.05, 0) is 6.92 Å². The SMILES string of the molecule is C=C(C=O)NCC. The number of hydrogen-bond acceptors (Lipinski definition) is 2. The highest BCUT2D eigenvalue weighted by Gasteiger charge is 1.79. The molecule has 0 unspecified atom stereocenters. The van der Waals surface area contributed by atoms with E-state index in [0.29, 0.717) is 12.0 Å². The first-order valence-corrected chi connectivity index (χ1v) is 2.19. The standard InChI is InChI=1S/C5H9NO/c1-3-6-5(2)4-7/h4,6H,2-3H2,1H3. The number of allylic oxidation sites excluding steroid dienone is 1. The van der Waals surface area contributed by atoms with E-state index in [1.807, 2.05) is 6.92 Å². The molecule has 1 N–H and O–H groups in total. The molecule has 2 heteroatoms. The van der Waals surface area contributed by atoms with Crippen molar-refractivity contribution in [3.8, 4) is 0 Å². The van der Waals surface area contributed by atoms with Crippen molar-refractivity contribution in [2.75, 3.05) is 6.54 Å². The Hall–Kier alpha value is -0.790. The smallest absolute Gasteiger partial charge is 0.165 e. The molecule has 0 saturated carbocycles. The third-order valence-corrected chi connectivity index (χ3v) is 0.546. The summed E-state index contributed by atoms with van der Waals surface area (Å²) in [6.07, 6.45) is 0.698. The van der Waals surface area contributed by atoms with Gasteiger partial charge in [0.25, 0.3) is 0 Å². The van der Waals surface area contributed by atoms with Gasteiger partial charge in [0, 0.05) is 6.54 Å². The molecule has 0 radical (unpaired) electrons. The predicted molar refractivity (Wildman–Crippen MR) is 28.9 cm³/mol. The fraction of sp³-hybridized carbons (Fsp3) is 0.400. The molecule has 0 bridgehead atoms. The van der Waals surface area contributed by atoms with E-state index in [2.05, 4.69) is 11.9 Å². The molecule has 40 valence electrons. The predicted octanol–water partition coefficient (Wildman–Crippen LogP) is 0.308. The van der Waals surface area contributed by atoms with Gasteiger partial charge < -0.3 is 5.32 Å². The zero-order valence-electron chi connectivity index (χ0n) is 4.40. The lowest BCUT2D eigenvalue weighted by atomic mass is 10.5. The fourth-order valence-electron chi connectivity index (χ4n) is 0.269. The van der Waals surface area contributed by atoms with Gasteiger partial charge in [0.2, 0.25) is 0 Å². The summed E-state index contributed by atoms with van der Waals surface area (Å²) >= 11 is 0. The largest absolute Gasteiger partial charge is 0.383 e. The lowest BCUT2D eigenvalue weighted by Gasteiger charge is -1.94. The Morgan fingerprint density at radius 1 is 2.00 bits per heavy atom. The van der Waals surface area contributed by atoms with Gasteiger partial charge in [-0.2, -0.15) is 0 Å². The van der Waals surface area contributed by atoms with Crippen LogP contribution in [0, 0.1) is 0 Å². The monoisotopic (exact) mass is 99.1 g/mol. The molecule has 0 aliphatic heterocycles. The van der Waals surface area contributed by atoms with Crippen LogP contribution in [0.2, 0.25) is 0 Å². The number of carbonyl (C=O) groups is 1. The lowest BCUT2D eigenvalue weighted by molar-refractivity contribution is -0.105. The first-order chi connectivity index (χ1) is 3.31. The van der Waals surface area contributed by atoms with Crippen LogP contribution in [0.4, 0.5) is 0 Å². The Morgan fingerprint density at radius 2 is 2.57 bits per heavy atom. The van der Waals surface area contributed by atoms with Crippen LogP contribution in [0.25, 0.3) is 0 Å². The molecule has 0 aliphatic carbocycles. The number of rotatable bonds is 3. The van der Waals surface area contributed by atoms with E-state index >= 15 is 0 Å². The van der Waals surface area contributed by atoms with E-state index in [9.17, 15) is 4.79 Å². The van der Waals surface area contributed by atoms with Gasteiger partial charge in [-0.15, -0.1) is 0 Å². The molecule has 0 heterocycles. The second kappa shape index (κ2) is 3.40. The first-order valence-electron chi connectivity index (χ1n) is 2.19. The molecule has 0 aromatic rings. The van der Waals surface area contributed by atoms with Crippen LogP contribution in [0.3, 0.4) is 0 Å². The summed E-state index contributed by atoms with van der Waals surface area (Å²) in [5.41, 5.74) is 0.447. The van der Waals surface area contributed by atoms with Gasteiger partial charge in [0.15, 0.2) is 6.29 Å². The number of carbonyl (C=O) groups excluding carboxylic acids is 1. The molecule has 0 amide bonds. The molecule has 0 aromatic carbocycles. The third kappa shape index (κ3) is 3.03. The van der Waals surface area contributed by atoms with Crippen molar-refractivity contribution >= 4 is 6.29 Å². The highest BCUT2D eigenvalue weighted by atomic mass is 16.1. The minimum absolute atomic E-state index is 0.447. The van der Waals surface area contributed by atoms with Crippen LogP contribution in [0.5, 0.6) is 0 Å². The number of nitrogens with one attached hydrogen (secondary N) is 1. The van der Waals surface area contributed by atoms with Crippen molar-refractivity contribution < 1.29 is 4.79 Å². The highest BCUT2D eigenvalue weighted by Crippen LogP contribution is 1.70. The van der Waals surface area contributed by atoms with Crippen LogP contribution < -0.4 is 5.32 Å². The van der Waals surface area contributed by atoms with Crippen molar-refractivity contribution in [2.45, 2.75) is 6.92 Å². The summed E-state index contributed by atoms with van der Waals surface area (Å²) in [7, 11) is 0. The van der Waals surface area contributed by atoms with Crippen molar-refractivity contribution in [1.29, 1.82) is 0 Å². The van der Waals surface area contributed by atoms with Crippen molar-refractivity contribution in [1.82, 2.24) is 5.32 Å². The molecule has 2 nitrogen and oxygen atoms in total. The average molecular weight is 99.1 g/mol. The van der Waals surface area contributed by atoms with E-state index in [-0.39, 0.29) is 0 Å². The molecule has 0 saturated heterocycles. The summed E-state index contributed by atoms with van der Waals surface area (Å²) in [5, 5.41) is 2.73. The molecule has 0 atom stereocenters. The maximum absolute atomic E-state index is 9.73. The van der Waals surface area contributed by atoms with Crippen LogP contribution in [-0.2, 0) is 4.79 Å². The zero-order valence-corrected chi connectivity index (χ0v) is 4.40. The Kier molecular flexibility index (Phi) is 3.02. The maximum atomic E-state index is 9.73. The molecule has 7 heavy (non-hydrogen) atoms. The fourth-order valence-corrected chi connectivity index (χ4v) is 0.269. The Bertz CT molecular complexity index is 78.1. The third-order valence-electron chi connectivity index (χ3n) is 0.546. The highest BCUT2D eigenvalue weighted by molar-refractivity contribution is 5.70. The van der Waals surface area contributed by atoms with Gasteiger partial charge >= 0.3 is 0 Å². The van der Waals surface area contributed by atoms with E-state index in [4.69, 9.17) is 0 Å². The second-order valence-corrected chi connectivity index (χ2v) is 1.17. The normalized spacial score (nSPS) is 7.57. The summed E-state index contributed by atoms with van der Waals surface area (Å²) in [6.45, 7) is 6.06. The molecular weight excluding hydrogens is 90.1 g/mol. The Labute approximate surface area is 43.2 Å². The lowest BCUT2D eigenvalue weighted by Crippen LogP contribution is -2.11. The van der Waals surface area contributed by atoms with Gasteiger partial charge in [-0.3, -0.25) is 4.79 Å². The minimum atomic E-state index is 0.447. The van der Waals surface area contributed by atoms with E-state index in [1.165, 1.54) is 0 Å².